The summed E-state index contributed by atoms with van der Waals surface area (Å²) in [7, 11) is 0. The van der Waals surface area contributed by atoms with Crippen molar-refractivity contribution >= 4 is 28.8 Å². The molecule has 2 fully saturated rings. The first-order chi connectivity index (χ1) is 15.5. The van der Waals surface area contributed by atoms with E-state index in [0.717, 1.165) is 18.4 Å². The number of likely N-dealkylation sites (tertiary alicyclic amines) is 1. The zero-order chi connectivity index (χ0) is 22.4. The van der Waals surface area contributed by atoms with Crippen LogP contribution in [0.1, 0.15) is 32.0 Å². The van der Waals surface area contributed by atoms with Gasteiger partial charge in [-0.3, -0.25) is 9.59 Å². The standard InChI is InChI=1S/C21H25N9O2/c1-3-29-19(13-7-23-11(2)24-8-13)28-16-18(25-10-26-20(16)29)27-14-6-15(17(22)31)30(9-14)21(32)12-4-5-12/h7-8,10,12,14-15H,3-6,9H2,1-2H3,(H2,22,31)(H,25,26,27)/t14-,15-/m0/s1. The summed E-state index contributed by atoms with van der Waals surface area (Å²) in [5.74, 6) is 1.52. The largest absolute Gasteiger partial charge is 0.368 e. The molecule has 1 aliphatic heterocycles. The molecule has 3 aromatic heterocycles. The highest BCUT2D eigenvalue weighted by Crippen LogP contribution is 2.34. The third-order valence-corrected chi connectivity index (χ3v) is 6.07. The predicted molar refractivity (Wildman–Crippen MR) is 116 cm³/mol. The highest BCUT2D eigenvalue weighted by molar-refractivity contribution is 5.90. The Kier molecular flexibility index (Phi) is 4.95. The third-order valence-electron chi connectivity index (χ3n) is 6.07. The lowest BCUT2D eigenvalue weighted by Crippen LogP contribution is -2.44. The van der Waals surface area contributed by atoms with Crippen LogP contribution in [-0.4, -0.2) is 64.8 Å². The number of anilines is 1. The molecule has 1 saturated heterocycles. The number of hydrogen-bond donors (Lipinski definition) is 2. The molecule has 2 atom stereocenters. The smallest absolute Gasteiger partial charge is 0.240 e. The van der Waals surface area contributed by atoms with E-state index in [4.69, 9.17) is 10.7 Å². The minimum Gasteiger partial charge on any atom is -0.368 e. The van der Waals surface area contributed by atoms with E-state index in [0.29, 0.717) is 48.1 Å². The van der Waals surface area contributed by atoms with Crippen molar-refractivity contribution in [1.82, 2.24) is 34.4 Å². The summed E-state index contributed by atoms with van der Waals surface area (Å²) in [5, 5.41) is 3.38. The van der Waals surface area contributed by atoms with E-state index in [1.54, 1.807) is 17.3 Å². The van der Waals surface area contributed by atoms with Gasteiger partial charge in [0, 0.05) is 37.4 Å². The van der Waals surface area contributed by atoms with Gasteiger partial charge in [-0.2, -0.15) is 0 Å². The minimum absolute atomic E-state index is 0.0165. The van der Waals surface area contributed by atoms with E-state index in [2.05, 4.69) is 25.3 Å². The van der Waals surface area contributed by atoms with Crippen molar-refractivity contribution < 1.29 is 9.59 Å². The average Bonchev–Trinajstić information content (AvgIpc) is 3.43. The van der Waals surface area contributed by atoms with E-state index in [1.807, 2.05) is 18.4 Å². The number of fused-ring (bicyclic) bond motifs is 1. The Balaban J connectivity index is 1.46. The second-order valence-corrected chi connectivity index (χ2v) is 8.35. The van der Waals surface area contributed by atoms with Gasteiger partial charge in [0.1, 0.15) is 24.0 Å². The van der Waals surface area contributed by atoms with Crippen molar-refractivity contribution in [3.63, 3.8) is 0 Å². The fourth-order valence-corrected chi connectivity index (χ4v) is 4.28. The van der Waals surface area contributed by atoms with Gasteiger partial charge >= 0.3 is 0 Å². The molecule has 0 radical (unpaired) electrons. The van der Waals surface area contributed by atoms with Crippen LogP contribution < -0.4 is 11.1 Å². The molecule has 32 heavy (non-hydrogen) atoms. The van der Waals surface area contributed by atoms with Crippen LogP contribution in [0.2, 0.25) is 0 Å². The van der Waals surface area contributed by atoms with Gasteiger partial charge in [-0.25, -0.2) is 24.9 Å². The van der Waals surface area contributed by atoms with Crippen LogP contribution in [0.25, 0.3) is 22.6 Å². The highest BCUT2D eigenvalue weighted by atomic mass is 16.2. The van der Waals surface area contributed by atoms with Crippen LogP contribution in [0.5, 0.6) is 0 Å². The number of amides is 2. The lowest BCUT2D eigenvalue weighted by atomic mass is 10.1. The summed E-state index contributed by atoms with van der Waals surface area (Å²) < 4.78 is 1.99. The van der Waals surface area contributed by atoms with E-state index in [9.17, 15) is 9.59 Å². The summed E-state index contributed by atoms with van der Waals surface area (Å²) in [6.07, 6.45) is 7.17. The fourth-order valence-electron chi connectivity index (χ4n) is 4.28. The molecule has 2 aliphatic rings. The summed E-state index contributed by atoms with van der Waals surface area (Å²) in [6, 6.07) is -0.766. The molecule has 0 bridgehead atoms. The number of nitrogens with one attached hydrogen (secondary N) is 1. The summed E-state index contributed by atoms with van der Waals surface area (Å²) in [4.78, 5) is 48.4. The topological polar surface area (TPSA) is 145 Å². The van der Waals surface area contributed by atoms with Gasteiger partial charge in [0.2, 0.25) is 11.8 Å². The van der Waals surface area contributed by atoms with Gasteiger partial charge < -0.3 is 20.5 Å². The second-order valence-electron chi connectivity index (χ2n) is 8.35. The lowest BCUT2D eigenvalue weighted by Gasteiger charge is -2.21. The zero-order valence-electron chi connectivity index (χ0n) is 18.0. The maximum atomic E-state index is 12.6. The second kappa shape index (κ2) is 7.81. The first kappa shape index (κ1) is 20.3. The van der Waals surface area contributed by atoms with Crippen LogP contribution >= 0.6 is 0 Å². The molecule has 11 heteroatoms. The lowest BCUT2D eigenvalue weighted by molar-refractivity contribution is -0.138. The predicted octanol–water partition coefficient (Wildman–Crippen LogP) is 0.888. The van der Waals surface area contributed by atoms with Crippen molar-refractivity contribution in [1.29, 1.82) is 0 Å². The number of aromatic nitrogens is 6. The Hall–Kier alpha value is -3.63. The van der Waals surface area contributed by atoms with Crippen LogP contribution in [0.4, 0.5) is 5.82 Å². The highest BCUT2D eigenvalue weighted by Gasteiger charge is 2.43. The summed E-state index contributed by atoms with van der Waals surface area (Å²) >= 11 is 0. The summed E-state index contributed by atoms with van der Waals surface area (Å²) in [6.45, 7) is 4.91. The van der Waals surface area contributed by atoms with E-state index in [1.165, 1.54) is 6.33 Å². The molecule has 0 aromatic carbocycles. The Morgan fingerprint density at radius 2 is 1.94 bits per heavy atom. The Morgan fingerprint density at radius 1 is 1.19 bits per heavy atom. The zero-order valence-corrected chi connectivity index (χ0v) is 18.0. The molecular weight excluding hydrogens is 410 g/mol. The van der Waals surface area contributed by atoms with Crippen LogP contribution in [0.3, 0.4) is 0 Å². The molecule has 1 saturated carbocycles. The number of rotatable bonds is 6. The molecule has 5 rings (SSSR count). The molecular formula is C21H25N9O2. The van der Waals surface area contributed by atoms with E-state index >= 15 is 0 Å². The first-order valence-corrected chi connectivity index (χ1v) is 10.8. The van der Waals surface area contributed by atoms with Gasteiger partial charge in [0.05, 0.1) is 5.56 Å². The van der Waals surface area contributed by atoms with Gasteiger partial charge in [0.25, 0.3) is 0 Å². The molecule has 3 aromatic rings. The number of nitrogens with two attached hydrogens (primary N) is 1. The molecule has 0 spiro atoms. The monoisotopic (exact) mass is 435 g/mol. The Labute approximate surface area is 184 Å². The van der Waals surface area contributed by atoms with Gasteiger partial charge in [0.15, 0.2) is 17.0 Å². The fraction of sp³-hybridized carbons (Fsp3) is 0.476. The third kappa shape index (κ3) is 3.53. The molecule has 2 amide bonds. The van der Waals surface area contributed by atoms with Crippen molar-refractivity contribution in [3.05, 3.63) is 24.5 Å². The summed E-state index contributed by atoms with van der Waals surface area (Å²) in [5.41, 5.74) is 7.69. The number of nitrogens with zero attached hydrogens (tertiary/aromatic N) is 7. The van der Waals surface area contributed by atoms with Crippen molar-refractivity contribution in [2.45, 2.75) is 51.7 Å². The average molecular weight is 435 g/mol. The SMILES string of the molecule is CCn1c(-c2cnc(C)nc2)nc2c(N[C@H]3C[C@@H](C(N)=O)N(C(=O)C4CC4)C3)ncnc21. The number of hydrogen-bond acceptors (Lipinski definition) is 8. The van der Waals surface area contributed by atoms with Gasteiger partial charge in [-0.05, 0) is 33.1 Å². The Bertz CT molecular complexity index is 1190. The Morgan fingerprint density at radius 3 is 2.59 bits per heavy atom. The number of primary amides is 1. The first-order valence-electron chi connectivity index (χ1n) is 10.8. The van der Waals surface area contributed by atoms with E-state index in [-0.39, 0.29) is 17.9 Å². The molecule has 4 heterocycles. The van der Waals surface area contributed by atoms with Gasteiger partial charge in [-0.1, -0.05) is 0 Å². The van der Waals surface area contributed by atoms with Crippen LogP contribution in [0, 0.1) is 12.8 Å². The van der Waals surface area contributed by atoms with E-state index < -0.39 is 11.9 Å². The molecule has 3 N–H and O–H groups in total. The molecule has 1 aliphatic carbocycles. The van der Waals surface area contributed by atoms with Crippen LogP contribution in [0.15, 0.2) is 18.7 Å². The van der Waals surface area contributed by atoms with Crippen molar-refractivity contribution in [2.24, 2.45) is 11.7 Å². The van der Waals surface area contributed by atoms with Crippen molar-refractivity contribution in [3.8, 4) is 11.4 Å². The quantitative estimate of drug-likeness (QED) is 0.581. The van der Waals surface area contributed by atoms with Crippen LogP contribution in [-0.2, 0) is 16.1 Å². The molecule has 0 unspecified atom stereocenters. The minimum atomic E-state index is -0.605. The number of carbonyl (C=O) groups excluding carboxylic acids is 2. The number of imidazole rings is 1. The van der Waals surface area contributed by atoms with Gasteiger partial charge in [-0.15, -0.1) is 0 Å². The normalized spacial score (nSPS) is 20.6. The number of carbonyl (C=O) groups is 2. The maximum Gasteiger partial charge on any atom is 0.240 e. The molecule has 166 valence electrons. The van der Waals surface area contributed by atoms with Crippen molar-refractivity contribution in [2.75, 3.05) is 11.9 Å². The molecule has 11 nitrogen and oxygen atoms in total. The number of aryl methyl sites for hydroxylation is 2. The maximum absolute atomic E-state index is 12.6.